The molecule has 3 rings (SSSR count). The molecule has 0 aliphatic heterocycles. The second-order valence-corrected chi connectivity index (χ2v) is 6.00. The maximum absolute atomic E-state index is 5.89. The molecule has 2 aromatic heterocycles. The largest absolute Gasteiger partial charge is 0.356 e. The Bertz CT molecular complexity index is 876. The van der Waals surface area contributed by atoms with Gasteiger partial charge in [-0.2, -0.15) is 10.1 Å². The highest BCUT2D eigenvalue weighted by atomic mass is 127. The third-order valence-electron chi connectivity index (χ3n) is 3.78. The Morgan fingerprint density at radius 2 is 2.00 bits per heavy atom. The van der Waals surface area contributed by atoms with Crippen molar-refractivity contribution in [2.45, 2.75) is 13.0 Å². The van der Waals surface area contributed by atoms with Gasteiger partial charge < -0.3 is 15.2 Å². The van der Waals surface area contributed by atoms with E-state index >= 15 is 0 Å². The Kier molecular flexibility index (Phi) is 8.04. The Labute approximate surface area is 179 Å². The molecule has 0 unspecified atom stereocenters. The van der Waals surface area contributed by atoms with E-state index in [1.54, 1.807) is 25.4 Å². The van der Waals surface area contributed by atoms with Gasteiger partial charge in [0.15, 0.2) is 5.96 Å². The Hall–Kier alpha value is -2.14. The summed E-state index contributed by atoms with van der Waals surface area (Å²) < 4.78 is 7.11. The van der Waals surface area contributed by atoms with E-state index in [2.05, 4.69) is 30.9 Å². The van der Waals surface area contributed by atoms with Gasteiger partial charge in [0.25, 0.3) is 0 Å². The zero-order chi connectivity index (χ0) is 18.4. The van der Waals surface area contributed by atoms with E-state index in [0.717, 1.165) is 11.3 Å². The summed E-state index contributed by atoms with van der Waals surface area (Å²) in [4.78, 5) is 8.59. The van der Waals surface area contributed by atoms with E-state index in [-0.39, 0.29) is 24.0 Å². The van der Waals surface area contributed by atoms with Crippen LogP contribution in [-0.4, -0.2) is 39.5 Å². The Balaban J connectivity index is 0.00000261. The van der Waals surface area contributed by atoms with Crippen molar-refractivity contribution in [3.05, 3.63) is 53.1 Å². The molecule has 0 saturated carbocycles. The van der Waals surface area contributed by atoms with Crippen LogP contribution >= 0.6 is 35.6 Å². The van der Waals surface area contributed by atoms with Crippen molar-refractivity contribution in [3.8, 4) is 11.4 Å². The van der Waals surface area contributed by atoms with Crippen LogP contribution in [-0.2, 0) is 20.0 Å². The standard InChI is InChI=1S/C17H20ClN7O.HI/c1-19-17(21-11-14-7-10-22-25(14)2)20-9-8-15-23-16(24-26-15)12-3-5-13(18)6-4-12;/h3-7,10H,8-9,11H2,1-2H3,(H2,19,20,21);1H. The molecule has 0 aliphatic rings. The van der Waals surface area contributed by atoms with Gasteiger partial charge in [-0.1, -0.05) is 16.8 Å². The fraction of sp³-hybridized carbons (Fsp3) is 0.294. The van der Waals surface area contributed by atoms with Crippen LogP contribution < -0.4 is 10.6 Å². The first kappa shape index (κ1) is 21.2. The van der Waals surface area contributed by atoms with Gasteiger partial charge in [0.1, 0.15) is 0 Å². The summed E-state index contributed by atoms with van der Waals surface area (Å²) in [5, 5.41) is 15.3. The molecule has 0 radical (unpaired) electrons. The number of halogens is 2. The Morgan fingerprint density at radius 1 is 1.22 bits per heavy atom. The van der Waals surface area contributed by atoms with Crippen LogP contribution in [0.4, 0.5) is 0 Å². The minimum absolute atomic E-state index is 0. The zero-order valence-electron chi connectivity index (χ0n) is 15.0. The molecule has 2 heterocycles. The van der Waals surface area contributed by atoms with E-state index < -0.39 is 0 Å². The smallest absolute Gasteiger partial charge is 0.228 e. The topological polar surface area (TPSA) is 93.2 Å². The number of rotatable bonds is 6. The van der Waals surface area contributed by atoms with Crippen molar-refractivity contribution >= 4 is 41.5 Å². The van der Waals surface area contributed by atoms with Crippen molar-refractivity contribution in [1.82, 2.24) is 30.6 Å². The lowest BCUT2D eigenvalue weighted by Crippen LogP contribution is -2.38. The molecule has 0 bridgehead atoms. The third kappa shape index (κ3) is 5.93. The molecule has 27 heavy (non-hydrogen) atoms. The minimum Gasteiger partial charge on any atom is -0.356 e. The van der Waals surface area contributed by atoms with Crippen LogP contribution in [0.15, 0.2) is 46.0 Å². The molecular weight excluding hydrogens is 481 g/mol. The van der Waals surface area contributed by atoms with Crippen LogP contribution in [0.25, 0.3) is 11.4 Å². The summed E-state index contributed by atoms with van der Waals surface area (Å²) in [6, 6.07) is 9.27. The fourth-order valence-electron chi connectivity index (χ4n) is 2.33. The van der Waals surface area contributed by atoms with Gasteiger partial charge >= 0.3 is 0 Å². The number of aryl methyl sites for hydroxylation is 1. The lowest BCUT2D eigenvalue weighted by atomic mass is 10.2. The SMILES string of the molecule is CN=C(NCCc1nc(-c2ccc(Cl)cc2)no1)NCc1ccnn1C.I. The van der Waals surface area contributed by atoms with Crippen LogP contribution in [0, 0.1) is 0 Å². The fourth-order valence-corrected chi connectivity index (χ4v) is 2.46. The van der Waals surface area contributed by atoms with Gasteiger partial charge in [0.2, 0.25) is 11.7 Å². The molecule has 10 heteroatoms. The molecule has 0 aliphatic carbocycles. The number of hydrogen-bond acceptors (Lipinski definition) is 5. The molecule has 3 aromatic rings. The third-order valence-corrected chi connectivity index (χ3v) is 4.04. The first-order valence-corrected chi connectivity index (χ1v) is 8.53. The van der Waals surface area contributed by atoms with Crippen LogP contribution in [0.5, 0.6) is 0 Å². The second kappa shape index (κ2) is 10.3. The highest BCUT2D eigenvalue weighted by Crippen LogP contribution is 2.18. The first-order chi connectivity index (χ1) is 12.7. The molecule has 0 spiro atoms. The van der Waals surface area contributed by atoms with Gasteiger partial charge in [-0.25, -0.2) is 0 Å². The summed E-state index contributed by atoms with van der Waals surface area (Å²) in [5.41, 5.74) is 1.93. The lowest BCUT2D eigenvalue weighted by molar-refractivity contribution is 0.378. The number of aromatic nitrogens is 4. The summed E-state index contributed by atoms with van der Waals surface area (Å²) >= 11 is 5.89. The van der Waals surface area contributed by atoms with E-state index in [1.807, 2.05) is 29.9 Å². The number of hydrogen-bond donors (Lipinski definition) is 2. The van der Waals surface area contributed by atoms with E-state index in [1.165, 1.54) is 0 Å². The molecular formula is C17H21ClIN7O. The summed E-state index contributed by atoms with van der Waals surface area (Å²) in [5.74, 6) is 1.81. The van der Waals surface area contributed by atoms with Gasteiger partial charge in [-0.3, -0.25) is 9.67 Å². The number of nitrogens with zero attached hydrogens (tertiary/aromatic N) is 5. The minimum atomic E-state index is 0. The van der Waals surface area contributed by atoms with Gasteiger partial charge in [-0.05, 0) is 30.3 Å². The first-order valence-electron chi connectivity index (χ1n) is 8.15. The number of nitrogens with one attached hydrogen (secondary N) is 2. The summed E-state index contributed by atoms with van der Waals surface area (Å²) in [7, 11) is 3.63. The van der Waals surface area contributed by atoms with Crippen LogP contribution in [0.1, 0.15) is 11.6 Å². The van der Waals surface area contributed by atoms with Crippen molar-refractivity contribution in [3.63, 3.8) is 0 Å². The monoisotopic (exact) mass is 501 g/mol. The lowest BCUT2D eigenvalue weighted by Gasteiger charge is -2.11. The molecule has 8 nitrogen and oxygen atoms in total. The van der Waals surface area contributed by atoms with Crippen LogP contribution in [0.2, 0.25) is 5.02 Å². The summed E-state index contributed by atoms with van der Waals surface area (Å²) in [6.07, 6.45) is 2.36. The van der Waals surface area contributed by atoms with Gasteiger partial charge in [-0.15, -0.1) is 24.0 Å². The molecule has 144 valence electrons. The normalized spacial score (nSPS) is 11.1. The predicted molar refractivity (Wildman–Crippen MR) is 115 cm³/mol. The maximum atomic E-state index is 5.89. The predicted octanol–water partition coefficient (Wildman–Crippen LogP) is 2.65. The number of benzene rings is 1. The number of guanidine groups is 1. The second-order valence-electron chi connectivity index (χ2n) is 5.57. The summed E-state index contributed by atoms with van der Waals surface area (Å²) in [6.45, 7) is 1.25. The average Bonchev–Trinajstić information content (AvgIpc) is 3.28. The zero-order valence-corrected chi connectivity index (χ0v) is 18.1. The highest BCUT2D eigenvalue weighted by molar-refractivity contribution is 14.0. The maximum Gasteiger partial charge on any atom is 0.228 e. The quantitative estimate of drug-likeness (QED) is 0.306. The van der Waals surface area contributed by atoms with Crippen LogP contribution in [0.3, 0.4) is 0 Å². The molecule has 0 atom stereocenters. The molecule has 1 aromatic carbocycles. The molecule has 0 amide bonds. The van der Waals surface area contributed by atoms with Gasteiger partial charge in [0, 0.05) is 43.8 Å². The van der Waals surface area contributed by atoms with E-state index in [4.69, 9.17) is 16.1 Å². The molecule has 2 N–H and O–H groups in total. The van der Waals surface area contributed by atoms with E-state index in [0.29, 0.717) is 42.2 Å². The van der Waals surface area contributed by atoms with Crippen molar-refractivity contribution in [1.29, 1.82) is 0 Å². The molecule has 0 saturated heterocycles. The number of aliphatic imine (C=N–C) groups is 1. The molecule has 0 fully saturated rings. The van der Waals surface area contributed by atoms with Crippen molar-refractivity contribution in [2.75, 3.05) is 13.6 Å². The van der Waals surface area contributed by atoms with E-state index in [9.17, 15) is 0 Å². The Morgan fingerprint density at radius 3 is 2.67 bits per heavy atom. The van der Waals surface area contributed by atoms with Gasteiger partial charge in [0.05, 0.1) is 12.2 Å². The average molecular weight is 502 g/mol. The van der Waals surface area contributed by atoms with Crippen molar-refractivity contribution in [2.24, 2.45) is 12.0 Å². The van der Waals surface area contributed by atoms with Crippen molar-refractivity contribution < 1.29 is 4.52 Å². The highest BCUT2D eigenvalue weighted by Gasteiger charge is 2.09.